The van der Waals surface area contributed by atoms with Gasteiger partial charge in [-0.05, 0) is 42.3 Å². The van der Waals surface area contributed by atoms with Crippen molar-refractivity contribution in [2.45, 2.75) is 25.8 Å². The number of aliphatic hydroxyl groups excluding tert-OH is 1. The van der Waals surface area contributed by atoms with Gasteiger partial charge in [0, 0.05) is 36.1 Å². The van der Waals surface area contributed by atoms with Crippen LogP contribution in [0.25, 0.3) is 10.4 Å². The Balaban J connectivity index is 1.60. The van der Waals surface area contributed by atoms with Crippen molar-refractivity contribution in [2.24, 2.45) is 5.41 Å². The molecule has 1 aliphatic rings. The molecule has 124 valence electrons. The van der Waals surface area contributed by atoms with E-state index in [1.165, 1.54) is 16.0 Å². The highest BCUT2D eigenvalue weighted by Gasteiger charge is 2.32. The molecule has 0 saturated carbocycles. The van der Waals surface area contributed by atoms with Gasteiger partial charge in [0.15, 0.2) is 0 Å². The predicted molar refractivity (Wildman–Crippen MR) is 95.7 cm³/mol. The van der Waals surface area contributed by atoms with Crippen molar-refractivity contribution in [3.05, 3.63) is 47.3 Å². The fraction of sp³-hybridized carbons (Fsp3) is 0.474. The highest BCUT2D eigenvalue weighted by Crippen LogP contribution is 2.30. The SMILES string of the molecule is CC(NCC1(CO)CCOCC1)c1ccc(-c2cccs2)cc1. The molecule has 0 aliphatic carbocycles. The molecule has 23 heavy (non-hydrogen) atoms. The lowest BCUT2D eigenvalue weighted by molar-refractivity contribution is -0.0163. The normalized spacial score (nSPS) is 18.7. The fourth-order valence-electron chi connectivity index (χ4n) is 3.06. The lowest BCUT2D eigenvalue weighted by Crippen LogP contribution is -2.42. The molecular weight excluding hydrogens is 306 g/mol. The fourth-order valence-corrected chi connectivity index (χ4v) is 3.79. The van der Waals surface area contributed by atoms with Crippen molar-refractivity contribution in [1.29, 1.82) is 0 Å². The van der Waals surface area contributed by atoms with Crippen molar-refractivity contribution in [3.8, 4) is 10.4 Å². The lowest BCUT2D eigenvalue weighted by Gasteiger charge is -2.36. The molecule has 1 aromatic carbocycles. The third kappa shape index (κ3) is 4.01. The standard InChI is InChI=1S/C19H25NO2S/c1-15(20-13-19(14-21)8-10-22-11-9-19)16-4-6-17(7-5-16)18-3-2-12-23-18/h2-7,12,15,20-21H,8-11,13-14H2,1H3. The van der Waals surface area contributed by atoms with E-state index in [0.717, 1.165) is 32.6 Å². The minimum absolute atomic E-state index is 0.0244. The molecule has 2 aromatic rings. The highest BCUT2D eigenvalue weighted by molar-refractivity contribution is 7.13. The van der Waals surface area contributed by atoms with Gasteiger partial charge in [-0.15, -0.1) is 11.3 Å². The molecule has 0 bridgehead atoms. The number of hydrogen-bond acceptors (Lipinski definition) is 4. The van der Waals surface area contributed by atoms with Gasteiger partial charge in [0.2, 0.25) is 0 Å². The molecule has 1 aromatic heterocycles. The minimum Gasteiger partial charge on any atom is -0.396 e. The summed E-state index contributed by atoms with van der Waals surface area (Å²) in [6.07, 6.45) is 1.86. The summed E-state index contributed by atoms with van der Waals surface area (Å²) in [6.45, 7) is 4.76. The summed E-state index contributed by atoms with van der Waals surface area (Å²) in [5, 5.41) is 15.5. The topological polar surface area (TPSA) is 41.5 Å². The molecule has 2 heterocycles. The van der Waals surface area contributed by atoms with Crippen LogP contribution in [0, 0.1) is 5.41 Å². The summed E-state index contributed by atoms with van der Waals surface area (Å²) in [6, 6.07) is 13.3. The first-order valence-corrected chi connectivity index (χ1v) is 9.16. The Labute approximate surface area is 142 Å². The van der Waals surface area contributed by atoms with Crippen LogP contribution < -0.4 is 5.32 Å². The zero-order valence-corrected chi connectivity index (χ0v) is 14.4. The summed E-state index contributed by atoms with van der Waals surface area (Å²) >= 11 is 1.77. The Kier molecular flexibility index (Phi) is 5.49. The quantitative estimate of drug-likeness (QED) is 0.845. The van der Waals surface area contributed by atoms with Gasteiger partial charge in [0.05, 0.1) is 6.61 Å². The predicted octanol–water partition coefficient (Wildman–Crippen LogP) is 3.85. The smallest absolute Gasteiger partial charge is 0.0501 e. The maximum atomic E-state index is 9.77. The molecule has 1 aliphatic heterocycles. The molecule has 1 saturated heterocycles. The second kappa shape index (κ2) is 7.58. The van der Waals surface area contributed by atoms with Crippen LogP contribution in [-0.2, 0) is 4.74 Å². The van der Waals surface area contributed by atoms with Crippen molar-refractivity contribution in [1.82, 2.24) is 5.32 Å². The van der Waals surface area contributed by atoms with Gasteiger partial charge in [-0.2, -0.15) is 0 Å². The molecular formula is C19H25NO2S. The summed E-state index contributed by atoms with van der Waals surface area (Å²) < 4.78 is 5.43. The summed E-state index contributed by atoms with van der Waals surface area (Å²) in [5.41, 5.74) is 2.53. The lowest BCUT2D eigenvalue weighted by atomic mass is 9.80. The van der Waals surface area contributed by atoms with Crippen molar-refractivity contribution >= 4 is 11.3 Å². The van der Waals surface area contributed by atoms with E-state index in [1.54, 1.807) is 11.3 Å². The molecule has 4 heteroatoms. The first-order chi connectivity index (χ1) is 11.2. The Morgan fingerprint density at radius 3 is 2.57 bits per heavy atom. The third-order valence-corrected chi connectivity index (χ3v) is 5.81. The van der Waals surface area contributed by atoms with Crippen LogP contribution in [0.3, 0.4) is 0 Å². The van der Waals surface area contributed by atoms with E-state index in [9.17, 15) is 5.11 Å². The van der Waals surface area contributed by atoms with Gasteiger partial charge >= 0.3 is 0 Å². The summed E-state index contributed by atoms with van der Waals surface area (Å²) in [5.74, 6) is 0. The number of rotatable bonds is 6. The molecule has 1 fully saturated rings. The first kappa shape index (κ1) is 16.7. The van der Waals surface area contributed by atoms with Gasteiger partial charge in [-0.1, -0.05) is 30.3 Å². The average Bonchev–Trinajstić information content (AvgIpc) is 3.15. The van der Waals surface area contributed by atoms with E-state index in [-0.39, 0.29) is 18.1 Å². The van der Waals surface area contributed by atoms with E-state index in [4.69, 9.17) is 4.74 Å². The second-order valence-electron chi connectivity index (χ2n) is 6.47. The van der Waals surface area contributed by atoms with Crippen LogP contribution in [-0.4, -0.2) is 31.5 Å². The number of thiophene rings is 1. The van der Waals surface area contributed by atoms with E-state index < -0.39 is 0 Å². The maximum Gasteiger partial charge on any atom is 0.0501 e. The van der Waals surface area contributed by atoms with Crippen molar-refractivity contribution in [3.63, 3.8) is 0 Å². The van der Waals surface area contributed by atoms with Gasteiger partial charge in [-0.3, -0.25) is 0 Å². The Morgan fingerprint density at radius 1 is 1.22 bits per heavy atom. The summed E-state index contributed by atoms with van der Waals surface area (Å²) in [7, 11) is 0. The Hall–Kier alpha value is -1.20. The Morgan fingerprint density at radius 2 is 1.96 bits per heavy atom. The number of aliphatic hydroxyl groups is 1. The van der Waals surface area contributed by atoms with Crippen LogP contribution in [0.5, 0.6) is 0 Å². The van der Waals surface area contributed by atoms with Crippen LogP contribution in [0.4, 0.5) is 0 Å². The van der Waals surface area contributed by atoms with Crippen LogP contribution >= 0.6 is 11.3 Å². The number of benzene rings is 1. The van der Waals surface area contributed by atoms with E-state index in [1.807, 2.05) is 0 Å². The molecule has 0 radical (unpaired) electrons. The Bertz CT molecular complexity index is 588. The minimum atomic E-state index is -0.0244. The molecule has 3 rings (SSSR count). The molecule has 1 atom stereocenters. The molecule has 0 spiro atoms. The van der Waals surface area contributed by atoms with Gasteiger partial charge < -0.3 is 15.2 Å². The zero-order valence-electron chi connectivity index (χ0n) is 13.6. The zero-order chi connectivity index (χ0) is 16.1. The van der Waals surface area contributed by atoms with E-state index in [0.29, 0.717) is 0 Å². The van der Waals surface area contributed by atoms with Crippen LogP contribution in [0.2, 0.25) is 0 Å². The molecule has 2 N–H and O–H groups in total. The number of hydrogen-bond donors (Lipinski definition) is 2. The van der Waals surface area contributed by atoms with E-state index >= 15 is 0 Å². The molecule has 1 unspecified atom stereocenters. The van der Waals surface area contributed by atoms with Gasteiger partial charge in [0.25, 0.3) is 0 Å². The first-order valence-electron chi connectivity index (χ1n) is 8.28. The average molecular weight is 331 g/mol. The van der Waals surface area contributed by atoms with Crippen LogP contribution in [0.1, 0.15) is 31.4 Å². The summed E-state index contributed by atoms with van der Waals surface area (Å²) in [4.78, 5) is 1.30. The third-order valence-electron chi connectivity index (χ3n) is 4.89. The second-order valence-corrected chi connectivity index (χ2v) is 7.42. The van der Waals surface area contributed by atoms with Gasteiger partial charge in [0.1, 0.15) is 0 Å². The number of nitrogens with one attached hydrogen (secondary N) is 1. The molecule has 3 nitrogen and oxygen atoms in total. The number of ether oxygens (including phenoxy) is 1. The molecule has 0 amide bonds. The van der Waals surface area contributed by atoms with Gasteiger partial charge in [-0.25, -0.2) is 0 Å². The van der Waals surface area contributed by atoms with Crippen LogP contribution in [0.15, 0.2) is 41.8 Å². The van der Waals surface area contributed by atoms with E-state index in [2.05, 4.69) is 54.0 Å². The van der Waals surface area contributed by atoms with Crippen molar-refractivity contribution in [2.75, 3.05) is 26.4 Å². The monoisotopic (exact) mass is 331 g/mol. The van der Waals surface area contributed by atoms with Crippen molar-refractivity contribution < 1.29 is 9.84 Å². The highest BCUT2D eigenvalue weighted by atomic mass is 32.1. The largest absolute Gasteiger partial charge is 0.396 e. The maximum absolute atomic E-state index is 9.77.